The number of rotatable bonds is 7. The Balaban J connectivity index is 2.22. The summed E-state index contributed by atoms with van der Waals surface area (Å²) in [4.78, 5) is 25.9. The fourth-order valence-electron chi connectivity index (χ4n) is 2.40. The number of amides is 1. The van der Waals surface area contributed by atoms with Gasteiger partial charge in [0.05, 0.1) is 4.91 Å². The predicted molar refractivity (Wildman–Crippen MR) is 110 cm³/mol. The summed E-state index contributed by atoms with van der Waals surface area (Å²) in [7, 11) is 0. The lowest BCUT2D eigenvalue weighted by atomic mass is 10.1. The molecule has 1 saturated heterocycles. The van der Waals surface area contributed by atoms with Gasteiger partial charge in [-0.2, -0.15) is 11.8 Å². The van der Waals surface area contributed by atoms with Crippen molar-refractivity contribution in [3.63, 3.8) is 0 Å². The monoisotopic (exact) mass is 393 g/mol. The largest absolute Gasteiger partial charge is 0.480 e. The Morgan fingerprint density at radius 1 is 1.40 bits per heavy atom. The Morgan fingerprint density at radius 3 is 2.68 bits per heavy atom. The van der Waals surface area contributed by atoms with E-state index in [2.05, 4.69) is 0 Å². The van der Waals surface area contributed by atoms with Crippen molar-refractivity contribution in [2.45, 2.75) is 19.4 Å². The summed E-state index contributed by atoms with van der Waals surface area (Å²) in [6.07, 6.45) is 6.00. The van der Waals surface area contributed by atoms with Crippen LogP contribution in [0.3, 0.4) is 0 Å². The van der Waals surface area contributed by atoms with Gasteiger partial charge in [0.1, 0.15) is 10.4 Å². The molecule has 0 spiro atoms. The molecular weight excluding hydrogens is 374 g/mol. The van der Waals surface area contributed by atoms with E-state index in [0.717, 1.165) is 22.9 Å². The van der Waals surface area contributed by atoms with Crippen molar-refractivity contribution >= 4 is 58.0 Å². The number of carbonyl (C=O) groups is 2. The minimum Gasteiger partial charge on any atom is -0.480 e. The van der Waals surface area contributed by atoms with E-state index in [4.69, 9.17) is 12.2 Å². The van der Waals surface area contributed by atoms with Crippen molar-refractivity contribution in [3.05, 3.63) is 52.4 Å². The van der Waals surface area contributed by atoms with Gasteiger partial charge in [0.2, 0.25) is 0 Å². The molecule has 4 nitrogen and oxygen atoms in total. The van der Waals surface area contributed by atoms with Gasteiger partial charge in [-0.3, -0.25) is 9.69 Å². The molecule has 1 fully saturated rings. The van der Waals surface area contributed by atoms with Crippen LogP contribution in [-0.4, -0.2) is 44.3 Å². The molecule has 1 N–H and O–H groups in total. The quantitative estimate of drug-likeness (QED) is 0.557. The second-order valence-electron chi connectivity index (χ2n) is 5.49. The van der Waals surface area contributed by atoms with Crippen LogP contribution in [0.1, 0.15) is 18.9 Å². The molecular formula is C18H19NO3S3. The number of carboxylic acid groups (broad SMARTS) is 1. The molecule has 1 unspecified atom stereocenters. The highest BCUT2D eigenvalue weighted by atomic mass is 32.2. The van der Waals surface area contributed by atoms with Crippen LogP contribution in [0.2, 0.25) is 0 Å². The molecule has 1 atom stereocenters. The third-order valence-corrected chi connectivity index (χ3v) is 5.54. The number of allylic oxidation sites excluding steroid dienone is 2. The van der Waals surface area contributed by atoms with Crippen LogP contribution in [0.15, 0.2) is 46.9 Å². The topological polar surface area (TPSA) is 57.6 Å². The average Bonchev–Trinajstić information content (AvgIpc) is 2.83. The molecule has 0 aliphatic carbocycles. The van der Waals surface area contributed by atoms with Crippen LogP contribution < -0.4 is 0 Å². The first-order valence-electron chi connectivity index (χ1n) is 7.66. The lowest BCUT2D eigenvalue weighted by Crippen LogP contribution is -2.44. The molecule has 0 bridgehead atoms. The minimum absolute atomic E-state index is 0.303. The summed E-state index contributed by atoms with van der Waals surface area (Å²) in [5, 5.41) is 9.46. The lowest BCUT2D eigenvalue weighted by molar-refractivity contribution is -0.145. The molecule has 132 valence electrons. The van der Waals surface area contributed by atoms with E-state index in [1.165, 1.54) is 4.90 Å². The molecule has 7 heteroatoms. The number of carbonyl (C=O) groups excluding carboxylic acids is 1. The smallest absolute Gasteiger partial charge is 0.326 e. The number of hydrogen-bond donors (Lipinski definition) is 1. The van der Waals surface area contributed by atoms with Crippen molar-refractivity contribution < 1.29 is 14.7 Å². The predicted octanol–water partition coefficient (Wildman–Crippen LogP) is 4.04. The minimum atomic E-state index is -1.02. The molecule has 0 saturated carbocycles. The molecule has 2 rings (SSSR count). The lowest BCUT2D eigenvalue weighted by Gasteiger charge is -2.22. The Morgan fingerprint density at radius 2 is 2.08 bits per heavy atom. The number of benzene rings is 1. The van der Waals surface area contributed by atoms with Gasteiger partial charge >= 0.3 is 5.97 Å². The van der Waals surface area contributed by atoms with Crippen molar-refractivity contribution in [1.82, 2.24) is 4.90 Å². The molecule has 1 heterocycles. The SMILES string of the molecule is CSCCC(C(=O)O)N1C(=O)/C(=C\C(C)=C/c2ccccc2)SC1=S. The number of thiocarbonyl (C=S) groups is 1. The van der Waals surface area contributed by atoms with Gasteiger partial charge < -0.3 is 5.11 Å². The van der Waals surface area contributed by atoms with Gasteiger partial charge in [-0.1, -0.05) is 60.4 Å². The zero-order chi connectivity index (χ0) is 18.4. The Bertz CT molecular complexity index is 728. The summed E-state index contributed by atoms with van der Waals surface area (Å²) >= 11 is 7.96. The molecule has 0 radical (unpaired) electrons. The van der Waals surface area contributed by atoms with E-state index in [1.54, 1.807) is 17.8 Å². The highest BCUT2D eigenvalue weighted by molar-refractivity contribution is 8.26. The maximum absolute atomic E-state index is 12.7. The van der Waals surface area contributed by atoms with Crippen LogP contribution >= 0.6 is 35.7 Å². The zero-order valence-corrected chi connectivity index (χ0v) is 16.4. The highest BCUT2D eigenvalue weighted by Gasteiger charge is 2.40. The molecule has 25 heavy (non-hydrogen) atoms. The third kappa shape index (κ3) is 5.20. The van der Waals surface area contributed by atoms with E-state index >= 15 is 0 Å². The molecule has 0 aromatic heterocycles. The van der Waals surface area contributed by atoms with Gasteiger partial charge in [0.25, 0.3) is 5.91 Å². The zero-order valence-electron chi connectivity index (χ0n) is 14.0. The molecule has 1 amide bonds. The fourth-order valence-corrected chi connectivity index (χ4v) is 4.27. The van der Waals surface area contributed by atoms with Crippen LogP contribution in [0.25, 0.3) is 6.08 Å². The molecule has 1 aliphatic rings. The summed E-state index contributed by atoms with van der Waals surface area (Å²) in [6.45, 7) is 1.90. The van der Waals surface area contributed by atoms with Gasteiger partial charge in [-0.15, -0.1) is 0 Å². The van der Waals surface area contributed by atoms with Gasteiger partial charge in [-0.25, -0.2) is 4.79 Å². The van der Waals surface area contributed by atoms with E-state index < -0.39 is 12.0 Å². The highest BCUT2D eigenvalue weighted by Crippen LogP contribution is 2.34. The van der Waals surface area contributed by atoms with E-state index in [1.807, 2.05) is 49.6 Å². The molecule has 1 aromatic carbocycles. The normalized spacial score (nSPS) is 18.1. The summed E-state index contributed by atoms with van der Waals surface area (Å²) in [5.74, 6) is -0.701. The van der Waals surface area contributed by atoms with Crippen molar-refractivity contribution in [2.24, 2.45) is 0 Å². The number of nitrogens with zero attached hydrogens (tertiary/aromatic N) is 1. The first-order chi connectivity index (χ1) is 11.9. The van der Waals surface area contributed by atoms with E-state index in [-0.39, 0.29) is 5.91 Å². The number of hydrogen-bond acceptors (Lipinski definition) is 5. The Kier molecular flexibility index (Phi) is 7.28. The second kappa shape index (κ2) is 9.22. The standard InChI is InChI=1S/C18H19NO3S3/c1-12(10-13-6-4-3-5-7-13)11-15-16(20)19(18(23)25-15)14(17(21)22)8-9-24-2/h3-7,10-11,14H,8-9H2,1-2H3,(H,21,22)/b12-10-,15-11+. The first-order valence-corrected chi connectivity index (χ1v) is 10.3. The first kappa shape index (κ1) is 19.8. The van der Waals surface area contributed by atoms with Crippen LogP contribution in [0, 0.1) is 0 Å². The third-order valence-electron chi connectivity index (χ3n) is 3.57. The van der Waals surface area contributed by atoms with Gasteiger partial charge in [0, 0.05) is 0 Å². The van der Waals surface area contributed by atoms with E-state index in [9.17, 15) is 14.7 Å². The summed E-state index contributed by atoms with van der Waals surface area (Å²) in [5.41, 5.74) is 1.94. The number of carboxylic acids is 1. The van der Waals surface area contributed by atoms with Crippen molar-refractivity contribution in [3.8, 4) is 0 Å². The van der Waals surface area contributed by atoms with Gasteiger partial charge in [-0.05, 0) is 42.6 Å². The molecule has 1 aromatic rings. The van der Waals surface area contributed by atoms with Crippen molar-refractivity contribution in [1.29, 1.82) is 0 Å². The van der Waals surface area contributed by atoms with Crippen LogP contribution in [-0.2, 0) is 9.59 Å². The number of thioether (sulfide) groups is 2. The fraction of sp³-hybridized carbons (Fsp3) is 0.278. The van der Waals surface area contributed by atoms with E-state index in [0.29, 0.717) is 21.4 Å². The Labute approximate surface area is 161 Å². The van der Waals surface area contributed by atoms with Gasteiger partial charge in [0.15, 0.2) is 0 Å². The number of aliphatic carboxylic acids is 1. The Hall–Kier alpha value is -1.57. The average molecular weight is 394 g/mol. The maximum Gasteiger partial charge on any atom is 0.326 e. The maximum atomic E-state index is 12.7. The van der Waals surface area contributed by atoms with Crippen LogP contribution in [0.4, 0.5) is 0 Å². The second-order valence-corrected chi connectivity index (χ2v) is 8.15. The summed E-state index contributed by atoms with van der Waals surface area (Å²) < 4.78 is 0.303. The summed E-state index contributed by atoms with van der Waals surface area (Å²) in [6, 6.07) is 8.88. The molecule has 1 aliphatic heterocycles. The van der Waals surface area contributed by atoms with Crippen molar-refractivity contribution in [2.75, 3.05) is 12.0 Å². The van der Waals surface area contributed by atoms with Crippen LogP contribution in [0.5, 0.6) is 0 Å².